The number of H-pyrrole nitrogens is 1. The Morgan fingerprint density at radius 1 is 1.45 bits per heavy atom. The normalized spacial score (nSPS) is 30.1. The molecule has 2 aromatic rings. The van der Waals surface area contributed by atoms with Crippen molar-refractivity contribution in [2.45, 2.75) is 24.5 Å². The molecular formula is C10H13N5O5. The van der Waals surface area contributed by atoms with Crippen molar-refractivity contribution in [1.29, 1.82) is 0 Å². The predicted octanol–water partition coefficient (Wildman–Crippen LogP) is -2.69. The molecule has 1 saturated heterocycles. The molecule has 3 heterocycles. The van der Waals surface area contributed by atoms with Crippen molar-refractivity contribution >= 4 is 17.1 Å². The molecular weight excluding hydrogens is 270 g/mol. The third-order valence-electron chi connectivity index (χ3n) is 3.24. The van der Waals surface area contributed by atoms with Gasteiger partial charge in [-0.15, -0.1) is 0 Å². The van der Waals surface area contributed by atoms with Crippen molar-refractivity contribution in [1.82, 2.24) is 19.5 Å². The number of nitrogen functional groups attached to an aromatic ring is 1. The van der Waals surface area contributed by atoms with Gasteiger partial charge in [0.2, 0.25) is 5.95 Å². The van der Waals surface area contributed by atoms with Crippen LogP contribution in [0, 0.1) is 0 Å². The summed E-state index contributed by atoms with van der Waals surface area (Å²) in [5.74, 6) is -0.101. The third-order valence-corrected chi connectivity index (χ3v) is 3.24. The largest absolute Gasteiger partial charge is 0.394 e. The predicted molar refractivity (Wildman–Crippen MR) is 65.6 cm³/mol. The Hall–Kier alpha value is -2.01. The topological polar surface area (TPSA) is 160 Å². The van der Waals surface area contributed by atoms with E-state index in [2.05, 4.69) is 15.0 Å². The molecule has 6 N–H and O–H groups in total. The van der Waals surface area contributed by atoms with Crippen LogP contribution in [0.1, 0.15) is 6.23 Å². The second kappa shape index (κ2) is 4.52. The van der Waals surface area contributed by atoms with Crippen LogP contribution in [-0.4, -0.2) is 59.8 Å². The van der Waals surface area contributed by atoms with Crippen LogP contribution in [0.15, 0.2) is 11.1 Å². The highest BCUT2D eigenvalue weighted by Crippen LogP contribution is 2.30. The number of aromatic nitrogens is 4. The lowest BCUT2D eigenvalue weighted by Crippen LogP contribution is -2.33. The van der Waals surface area contributed by atoms with E-state index in [1.807, 2.05) is 0 Å². The first-order chi connectivity index (χ1) is 9.52. The fraction of sp³-hybridized carbons (Fsp3) is 0.500. The van der Waals surface area contributed by atoms with Crippen LogP contribution in [0.25, 0.3) is 11.2 Å². The van der Waals surface area contributed by atoms with Crippen LogP contribution >= 0.6 is 0 Å². The van der Waals surface area contributed by atoms with Gasteiger partial charge in [0.25, 0.3) is 5.56 Å². The molecule has 2 aromatic heterocycles. The quantitative estimate of drug-likeness (QED) is 0.398. The summed E-state index contributed by atoms with van der Waals surface area (Å²) in [4.78, 5) is 21.8. The molecule has 10 nitrogen and oxygen atoms in total. The Kier molecular flexibility index (Phi) is 2.94. The Labute approximate surface area is 111 Å². The molecule has 0 aromatic carbocycles. The fourth-order valence-electron chi connectivity index (χ4n) is 2.24. The molecule has 0 radical (unpaired) electrons. The number of ether oxygens (including phenoxy) is 1. The van der Waals surface area contributed by atoms with Gasteiger partial charge in [-0.05, 0) is 0 Å². The molecule has 1 aliphatic heterocycles. The zero-order valence-corrected chi connectivity index (χ0v) is 10.2. The number of imidazole rings is 1. The van der Waals surface area contributed by atoms with Crippen molar-refractivity contribution in [3.8, 4) is 0 Å². The minimum absolute atomic E-state index is 0.0388. The van der Waals surface area contributed by atoms with Gasteiger partial charge in [0.1, 0.15) is 18.3 Å². The number of rotatable bonds is 2. The van der Waals surface area contributed by atoms with E-state index in [0.717, 1.165) is 0 Å². The van der Waals surface area contributed by atoms with Gasteiger partial charge in [0.15, 0.2) is 17.4 Å². The molecule has 3 rings (SSSR count). The van der Waals surface area contributed by atoms with Crippen molar-refractivity contribution in [2.24, 2.45) is 0 Å². The summed E-state index contributed by atoms with van der Waals surface area (Å²) < 4.78 is 6.64. The summed E-state index contributed by atoms with van der Waals surface area (Å²) in [6.45, 7) is -0.447. The van der Waals surface area contributed by atoms with Crippen molar-refractivity contribution < 1.29 is 20.1 Å². The standard InChI is InChI=1S/C10H13N5O5/c11-10-13-7-4(8(19)14-10)12-2-15(7)9-6(18)5(17)3(1-16)20-9/h2-3,5-6,9,16-18H,1H2,(H3,11,13,14,19)/t3-,5?,6-,9+/m0/s1. The zero-order chi connectivity index (χ0) is 14.4. The number of hydrogen-bond acceptors (Lipinski definition) is 8. The summed E-state index contributed by atoms with van der Waals surface area (Å²) in [6, 6.07) is 0. The molecule has 1 aliphatic rings. The van der Waals surface area contributed by atoms with Crippen molar-refractivity contribution in [3.05, 3.63) is 16.7 Å². The van der Waals surface area contributed by atoms with E-state index in [1.165, 1.54) is 10.9 Å². The average molecular weight is 283 g/mol. The van der Waals surface area contributed by atoms with Gasteiger partial charge >= 0.3 is 0 Å². The monoisotopic (exact) mass is 283 g/mol. The number of hydrogen-bond donors (Lipinski definition) is 5. The zero-order valence-electron chi connectivity index (χ0n) is 10.2. The number of nitrogens with zero attached hydrogens (tertiary/aromatic N) is 3. The molecule has 0 spiro atoms. The Morgan fingerprint density at radius 3 is 2.85 bits per heavy atom. The van der Waals surface area contributed by atoms with Crippen LogP contribution in [-0.2, 0) is 4.74 Å². The van der Waals surface area contributed by atoms with Gasteiger partial charge < -0.3 is 25.8 Å². The number of nitrogens with one attached hydrogen (secondary N) is 1. The van der Waals surface area contributed by atoms with E-state index >= 15 is 0 Å². The number of aliphatic hydroxyl groups excluding tert-OH is 3. The Morgan fingerprint density at radius 2 is 2.20 bits per heavy atom. The number of fused-ring (bicyclic) bond motifs is 1. The third kappa shape index (κ3) is 1.78. The second-order valence-electron chi connectivity index (χ2n) is 4.50. The maximum absolute atomic E-state index is 11.7. The highest BCUT2D eigenvalue weighted by Gasteiger charge is 2.44. The Balaban J connectivity index is 2.09. The molecule has 4 atom stereocenters. The molecule has 10 heteroatoms. The molecule has 1 unspecified atom stereocenters. The molecule has 0 amide bonds. The number of aromatic amines is 1. The molecule has 0 aliphatic carbocycles. The highest BCUT2D eigenvalue weighted by molar-refractivity contribution is 5.70. The number of anilines is 1. The van der Waals surface area contributed by atoms with Crippen LogP contribution in [0.2, 0.25) is 0 Å². The van der Waals surface area contributed by atoms with Gasteiger partial charge in [0, 0.05) is 0 Å². The lowest BCUT2D eigenvalue weighted by atomic mass is 10.1. The fourth-order valence-corrected chi connectivity index (χ4v) is 2.24. The lowest BCUT2D eigenvalue weighted by molar-refractivity contribution is -0.0511. The minimum atomic E-state index is -1.29. The van der Waals surface area contributed by atoms with E-state index in [4.69, 9.17) is 15.6 Å². The number of aliphatic hydroxyl groups is 3. The van der Waals surface area contributed by atoms with Crippen LogP contribution in [0.5, 0.6) is 0 Å². The smallest absolute Gasteiger partial charge is 0.280 e. The number of nitrogens with two attached hydrogens (primary N) is 1. The Bertz CT molecular complexity index is 697. The first kappa shape index (κ1) is 13.0. The van der Waals surface area contributed by atoms with E-state index in [1.54, 1.807) is 0 Å². The second-order valence-corrected chi connectivity index (χ2v) is 4.50. The van der Waals surface area contributed by atoms with Gasteiger partial charge in [0.05, 0.1) is 12.9 Å². The molecule has 20 heavy (non-hydrogen) atoms. The van der Waals surface area contributed by atoms with Gasteiger partial charge in [-0.1, -0.05) is 0 Å². The average Bonchev–Trinajstić information content (AvgIpc) is 2.93. The van der Waals surface area contributed by atoms with Crippen LogP contribution in [0.3, 0.4) is 0 Å². The van der Waals surface area contributed by atoms with E-state index in [9.17, 15) is 15.0 Å². The molecule has 0 bridgehead atoms. The first-order valence-corrected chi connectivity index (χ1v) is 5.87. The SMILES string of the molecule is Nc1nc2c(ncn2[C@@H]2O[C@@H](CO)C(O)[C@@H]2O)c(=O)[nH]1. The first-order valence-electron chi connectivity index (χ1n) is 5.87. The molecule has 0 saturated carbocycles. The van der Waals surface area contributed by atoms with Crippen LogP contribution in [0.4, 0.5) is 5.95 Å². The van der Waals surface area contributed by atoms with Gasteiger partial charge in [-0.3, -0.25) is 14.3 Å². The highest BCUT2D eigenvalue weighted by atomic mass is 16.6. The van der Waals surface area contributed by atoms with Crippen molar-refractivity contribution in [2.75, 3.05) is 12.3 Å². The summed E-state index contributed by atoms with van der Waals surface area (Å²) in [7, 11) is 0. The maximum atomic E-state index is 11.7. The molecule has 108 valence electrons. The molecule has 1 fully saturated rings. The van der Waals surface area contributed by atoms with E-state index in [-0.39, 0.29) is 17.1 Å². The van der Waals surface area contributed by atoms with E-state index in [0.29, 0.717) is 0 Å². The van der Waals surface area contributed by atoms with Gasteiger partial charge in [-0.2, -0.15) is 4.98 Å². The lowest BCUT2D eigenvalue weighted by Gasteiger charge is -2.16. The minimum Gasteiger partial charge on any atom is -0.394 e. The summed E-state index contributed by atoms with van der Waals surface area (Å²) in [6.07, 6.45) is -3.21. The summed E-state index contributed by atoms with van der Waals surface area (Å²) in [5.41, 5.74) is 5.12. The van der Waals surface area contributed by atoms with E-state index < -0.39 is 36.7 Å². The van der Waals surface area contributed by atoms with Crippen LogP contribution < -0.4 is 11.3 Å². The maximum Gasteiger partial charge on any atom is 0.280 e. The summed E-state index contributed by atoms with van der Waals surface area (Å²) in [5, 5.41) is 28.7. The van der Waals surface area contributed by atoms with Gasteiger partial charge in [-0.25, -0.2) is 4.98 Å². The van der Waals surface area contributed by atoms with Crippen molar-refractivity contribution in [3.63, 3.8) is 0 Å². The summed E-state index contributed by atoms with van der Waals surface area (Å²) >= 11 is 0.